The number of nitrogens with zero attached hydrogens (tertiary/aromatic N) is 1. The van der Waals surface area contributed by atoms with Crippen molar-refractivity contribution in [3.05, 3.63) is 52.6 Å². The van der Waals surface area contributed by atoms with Crippen molar-refractivity contribution in [2.24, 2.45) is 0 Å². The molecule has 1 aliphatic rings. The van der Waals surface area contributed by atoms with Gasteiger partial charge in [-0.1, -0.05) is 0 Å². The highest BCUT2D eigenvalue weighted by Gasteiger charge is 2.40. The first kappa shape index (κ1) is 17.8. The number of rotatable bonds is 1. The van der Waals surface area contributed by atoms with Crippen LogP contribution in [0.3, 0.4) is 0 Å². The predicted octanol–water partition coefficient (Wildman–Crippen LogP) is 5.02. The van der Waals surface area contributed by atoms with E-state index in [0.29, 0.717) is 18.7 Å². The molecule has 9 heteroatoms. The van der Waals surface area contributed by atoms with E-state index in [1.165, 1.54) is 0 Å². The van der Waals surface area contributed by atoms with Crippen LogP contribution in [0.2, 0.25) is 0 Å². The van der Waals surface area contributed by atoms with Crippen LogP contribution in [-0.4, -0.2) is 9.67 Å². The number of aromatic nitrogens is 1. The van der Waals surface area contributed by atoms with Crippen LogP contribution in [0.1, 0.15) is 41.3 Å². The first-order valence-electron chi connectivity index (χ1n) is 7.36. The van der Waals surface area contributed by atoms with Gasteiger partial charge in [0.15, 0.2) is 0 Å². The highest BCUT2D eigenvalue weighted by molar-refractivity contribution is 5.47. The maximum Gasteiger partial charge on any atom is 0.418 e. The summed E-state index contributed by atoms with van der Waals surface area (Å²) in [6.07, 6.45) is -9.73. The molecule has 0 spiro atoms. The van der Waals surface area contributed by atoms with Gasteiger partial charge in [-0.2, -0.15) is 26.3 Å². The highest BCUT2D eigenvalue weighted by atomic mass is 19.4. The van der Waals surface area contributed by atoms with E-state index < -0.39 is 35.4 Å². The SMILES string of the molecule is OC1CCCc2c1c(C(F)(F)F)cn2-c1cc(F)cc(C(F)(F)F)c1. The lowest BCUT2D eigenvalue weighted by Crippen LogP contribution is -2.15. The van der Waals surface area contributed by atoms with E-state index in [0.717, 1.165) is 10.6 Å². The van der Waals surface area contributed by atoms with Gasteiger partial charge in [0.25, 0.3) is 0 Å². The lowest BCUT2D eigenvalue weighted by Gasteiger charge is -2.22. The summed E-state index contributed by atoms with van der Waals surface area (Å²) < 4.78 is 92.8. The Bertz CT molecular complexity index is 804. The van der Waals surface area contributed by atoms with Gasteiger partial charge < -0.3 is 9.67 Å². The van der Waals surface area contributed by atoms with Gasteiger partial charge in [-0.3, -0.25) is 0 Å². The van der Waals surface area contributed by atoms with E-state index in [-0.39, 0.29) is 35.9 Å². The predicted molar refractivity (Wildman–Crippen MR) is 73.6 cm³/mol. The molecule has 2 nitrogen and oxygen atoms in total. The third-order valence-electron chi connectivity index (χ3n) is 4.17. The number of aliphatic hydroxyl groups excluding tert-OH is 1. The van der Waals surface area contributed by atoms with Gasteiger partial charge in [0, 0.05) is 23.1 Å². The zero-order chi connectivity index (χ0) is 18.6. The fraction of sp³-hybridized carbons (Fsp3) is 0.375. The second kappa shape index (κ2) is 5.76. The Morgan fingerprint density at radius 3 is 2.28 bits per heavy atom. The third-order valence-corrected chi connectivity index (χ3v) is 4.17. The summed E-state index contributed by atoms with van der Waals surface area (Å²) >= 11 is 0. The molecule has 0 bridgehead atoms. The third kappa shape index (κ3) is 3.24. The van der Waals surface area contributed by atoms with E-state index in [4.69, 9.17) is 0 Å². The van der Waals surface area contributed by atoms with Gasteiger partial charge in [0.05, 0.1) is 17.2 Å². The monoisotopic (exact) mass is 367 g/mol. The van der Waals surface area contributed by atoms with Gasteiger partial charge in [-0.25, -0.2) is 4.39 Å². The summed E-state index contributed by atoms with van der Waals surface area (Å²) in [5.41, 5.74) is -3.09. The molecule has 1 aromatic carbocycles. The topological polar surface area (TPSA) is 25.2 Å². The number of halogens is 7. The summed E-state index contributed by atoms with van der Waals surface area (Å²) in [6, 6.07) is 1.60. The molecule has 2 aromatic rings. The molecule has 1 N–H and O–H groups in total. The second-order valence-corrected chi connectivity index (χ2v) is 5.87. The van der Waals surface area contributed by atoms with Crippen molar-refractivity contribution >= 4 is 0 Å². The number of aliphatic hydroxyl groups is 1. The highest BCUT2D eigenvalue weighted by Crippen LogP contribution is 2.43. The first-order chi connectivity index (χ1) is 11.5. The van der Waals surface area contributed by atoms with Crippen molar-refractivity contribution in [3.63, 3.8) is 0 Å². The lowest BCUT2D eigenvalue weighted by molar-refractivity contribution is -0.139. The van der Waals surface area contributed by atoms with Crippen molar-refractivity contribution in [2.45, 2.75) is 37.7 Å². The number of hydrogen-bond donors (Lipinski definition) is 1. The van der Waals surface area contributed by atoms with Crippen LogP contribution in [0, 0.1) is 5.82 Å². The maximum atomic E-state index is 13.6. The van der Waals surface area contributed by atoms with Gasteiger partial charge in [-0.15, -0.1) is 0 Å². The molecule has 1 aromatic heterocycles. The Balaban J connectivity index is 2.24. The molecule has 25 heavy (non-hydrogen) atoms. The minimum Gasteiger partial charge on any atom is -0.388 e. The quantitative estimate of drug-likeness (QED) is 0.704. The number of hydrogen-bond acceptors (Lipinski definition) is 1. The van der Waals surface area contributed by atoms with Crippen LogP contribution in [0.4, 0.5) is 30.7 Å². The Labute approximate surface area is 137 Å². The lowest BCUT2D eigenvalue weighted by atomic mass is 9.92. The maximum absolute atomic E-state index is 13.6. The zero-order valence-electron chi connectivity index (χ0n) is 12.5. The molecule has 0 amide bonds. The van der Waals surface area contributed by atoms with Crippen molar-refractivity contribution in [3.8, 4) is 5.69 Å². The molecule has 0 saturated carbocycles. The smallest absolute Gasteiger partial charge is 0.388 e. The molecule has 1 unspecified atom stereocenters. The Kier molecular flexibility index (Phi) is 4.09. The van der Waals surface area contributed by atoms with Crippen LogP contribution in [0.25, 0.3) is 5.69 Å². The summed E-state index contributed by atoms with van der Waals surface area (Å²) in [6.45, 7) is 0. The molecule has 3 rings (SSSR count). The molecule has 0 saturated heterocycles. The summed E-state index contributed by atoms with van der Waals surface area (Å²) in [5.74, 6) is -1.21. The number of fused-ring (bicyclic) bond motifs is 1. The Hall–Kier alpha value is -2.03. The fourth-order valence-electron chi connectivity index (χ4n) is 3.13. The molecular weight excluding hydrogens is 355 g/mol. The number of benzene rings is 1. The van der Waals surface area contributed by atoms with Gasteiger partial charge >= 0.3 is 12.4 Å². The van der Waals surface area contributed by atoms with Crippen molar-refractivity contribution in [1.29, 1.82) is 0 Å². The molecule has 0 radical (unpaired) electrons. The van der Waals surface area contributed by atoms with Crippen LogP contribution in [0.5, 0.6) is 0 Å². The standard InChI is InChI=1S/C16H12F7NO/c17-9-4-8(15(18,19)20)5-10(6-9)24-7-11(16(21,22)23)14-12(24)2-1-3-13(14)25/h4-7,13,25H,1-3H2. The molecule has 0 aliphatic heterocycles. The van der Waals surface area contributed by atoms with Gasteiger partial charge in [0.2, 0.25) is 0 Å². The van der Waals surface area contributed by atoms with E-state index in [1.54, 1.807) is 0 Å². The van der Waals surface area contributed by atoms with Crippen LogP contribution >= 0.6 is 0 Å². The molecule has 1 atom stereocenters. The van der Waals surface area contributed by atoms with Crippen molar-refractivity contribution in [2.75, 3.05) is 0 Å². The van der Waals surface area contributed by atoms with Gasteiger partial charge in [0.1, 0.15) is 5.82 Å². The second-order valence-electron chi connectivity index (χ2n) is 5.87. The summed E-state index contributed by atoms with van der Waals surface area (Å²) in [4.78, 5) is 0. The van der Waals surface area contributed by atoms with Crippen molar-refractivity contribution in [1.82, 2.24) is 4.57 Å². The fourth-order valence-corrected chi connectivity index (χ4v) is 3.13. The normalized spacial score (nSPS) is 18.3. The van der Waals surface area contributed by atoms with Crippen LogP contribution in [-0.2, 0) is 18.8 Å². The average Bonchev–Trinajstić information content (AvgIpc) is 2.87. The largest absolute Gasteiger partial charge is 0.418 e. The van der Waals surface area contributed by atoms with Crippen LogP contribution in [0.15, 0.2) is 24.4 Å². The molecule has 1 heterocycles. The summed E-state index contributed by atoms with van der Waals surface area (Å²) in [5, 5.41) is 9.94. The average molecular weight is 367 g/mol. The minimum atomic E-state index is -4.84. The van der Waals surface area contributed by atoms with Crippen molar-refractivity contribution < 1.29 is 35.8 Å². The number of alkyl halides is 6. The zero-order valence-corrected chi connectivity index (χ0v) is 12.5. The molecular formula is C16H12F7NO. The van der Waals surface area contributed by atoms with E-state index in [9.17, 15) is 35.8 Å². The van der Waals surface area contributed by atoms with E-state index >= 15 is 0 Å². The molecule has 136 valence electrons. The summed E-state index contributed by atoms with van der Waals surface area (Å²) in [7, 11) is 0. The van der Waals surface area contributed by atoms with Gasteiger partial charge in [-0.05, 0) is 37.5 Å². The molecule has 1 aliphatic carbocycles. The molecule has 0 fully saturated rings. The van der Waals surface area contributed by atoms with Crippen LogP contribution < -0.4 is 0 Å². The minimum absolute atomic E-state index is 0.0461. The van der Waals surface area contributed by atoms with E-state index in [2.05, 4.69) is 0 Å². The Morgan fingerprint density at radius 2 is 1.68 bits per heavy atom. The van der Waals surface area contributed by atoms with E-state index in [1.807, 2.05) is 0 Å². The Morgan fingerprint density at radius 1 is 1.00 bits per heavy atom. The first-order valence-corrected chi connectivity index (χ1v) is 7.36.